The molecule has 0 aliphatic heterocycles. The van der Waals surface area contributed by atoms with Crippen molar-refractivity contribution >= 4 is 17.7 Å². The number of thioether (sulfide) groups is 1. The van der Waals surface area contributed by atoms with Crippen LogP contribution < -0.4 is 5.32 Å². The molecular formula is C17H22N2OS. The number of carbonyl (C=O) groups excluding carboxylic acids is 1. The Bertz CT molecular complexity index is 527. The lowest BCUT2D eigenvalue weighted by molar-refractivity contribution is -0.121. The molecule has 1 aromatic carbocycles. The maximum absolute atomic E-state index is 12.4. The minimum absolute atomic E-state index is 0.0379. The van der Waals surface area contributed by atoms with Gasteiger partial charge < -0.3 is 5.32 Å². The first-order valence-corrected chi connectivity index (χ1v) is 8.39. The molecule has 0 bridgehead atoms. The number of nitrogens with one attached hydrogen (secondary N) is 1. The van der Waals surface area contributed by atoms with Crippen molar-refractivity contribution in [1.82, 2.24) is 5.32 Å². The molecule has 0 saturated heterocycles. The number of nitrogens with zero attached hydrogens (tertiary/aromatic N) is 1. The van der Waals surface area contributed by atoms with Crippen molar-refractivity contribution in [3.05, 3.63) is 29.8 Å². The monoisotopic (exact) mass is 302 g/mol. The average Bonchev–Trinajstić information content (AvgIpc) is 2.50. The van der Waals surface area contributed by atoms with Gasteiger partial charge in [-0.2, -0.15) is 5.26 Å². The van der Waals surface area contributed by atoms with Gasteiger partial charge in [-0.1, -0.05) is 37.0 Å². The van der Waals surface area contributed by atoms with Crippen molar-refractivity contribution in [1.29, 1.82) is 5.26 Å². The second-order valence-electron chi connectivity index (χ2n) is 5.82. The topological polar surface area (TPSA) is 52.9 Å². The lowest BCUT2D eigenvalue weighted by Gasteiger charge is -2.32. The Balaban J connectivity index is 1.95. The Labute approximate surface area is 131 Å². The normalized spacial score (nSPS) is 18.5. The van der Waals surface area contributed by atoms with E-state index in [0.29, 0.717) is 0 Å². The van der Waals surface area contributed by atoms with E-state index in [1.54, 1.807) is 0 Å². The summed E-state index contributed by atoms with van der Waals surface area (Å²) in [5.74, 6) is -0.0379. The Morgan fingerprint density at radius 3 is 2.48 bits per heavy atom. The van der Waals surface area contributed by atoms with Crippen LogP contribution in [0, 0.1) is 18.3 Å². The van der Waals surface area contributed by atoms with Crippen LogP contribution in [0.15, 0.2) is 29.2 Å². The molecule has 21 heavy (non-hydrogen) atoms. The molecule has 1 unspecified atom stereocenters. The number of benzene rings is 1. The highest BCUT2D eigenvalue weighted by atomic mass is 32.2. The summed E-state index contributed by atoms with van der Waals surface area (Å²) in [5.41, 5.74) is 0.569. The molecule has 0 heterocycles. The van der Waals surface area contributed by atoms with E-state index in [1.165, 1.54) is 17.3 Å². The zero-order chi connectivity index (χ0) is 15.3. The predicted molar refractivity (Wildman–Crippen MR) is 86.1 cm³/mol. The Kier molecular flexibility index (Phi) is 5.30. The fourth-order valence-corrected chi connectivity index (χ4v) is 3.50. The van der Waals surface area contributed by atoms with E-state index in [0.717, 1.165) is 37.0 Å². The molecule has 1 saturated carbocycles. The standard InChI is InChI=1S/C17H22N2OS/c1-13-6-8-15(9-7-13)21-14(2)16(20)19-17(12-18)10-4-3-5-11-17/h6-9,14H,3-5,10-11H2,1-2H3,(H,19,20). The summed E-state index contributed by atoms with van der Waals surface area (Å²) in [5, 5.41) is 12.2. The minimum atomic E-state index is -0.641. The SMILES string of the molecule is Cc1ccc(SC(C)C(=O)NC2(C#N)CCCCC2)cc1. The molecule has 0 aromatic heterocycles. The number of hydrogen-bond acceptors (Lipinski definition) is 3. The molecule has 1 aliphatic carbocycles. The minimum Gasteiger partial charge on any atom is -0.337 e. The molecule has 1 amide bonds. The van der Waals surface area contributed by atoms with Gasteiger partial charge in [0.1, 0.15) is 5.54 Å². The van der Waals surface area contributed by atoms with Gasteiger partial charge in [0, 0.05) is 4.90 Å². The summed E-state index contributed by atoms with van der Waals surface area (Å²) < 4.78 is 0. The highest BCUT2D eigenvalue weighted by molar-refractivity contribution is 8.00. The smallest absolute Gasteiger partial charge is 0.234 e. The van der Waals surface area contributed by atoms with Crippen LogP contribution in [0.3, 0.4) is 0 Å². The van der Waals surface area contributed by atoms with Crippen molar-refractivity contribution in [2.45, 2.75) is 61.6 Å². The third-order valence-electron chi connectivity index (χ3n) is 3.99. The third kappa shape index (κ3) is 4.25. The van der Waals surface area contributed by atoms with E-state index in [4.69, 9.17) is 0 Å². The van der Waals surface area contributed by atoms with E-state index >= 15 is 0 Å². The van der Waals surface area contributed by atoms with Crippen LogP contribution in [0.4, 0.5) is 0 Å². The molecule has 1 aliphatic rings. The van der Waals surface area contributed by atoms with Crippen molar-refractivity contribution < 1.29 is 4.79 Å². The number of carbonyl (C=O) groups is 1. The van der Waals surface area contributed by atoms with Crippen molar-refractivity contribution in [3.8, 4) is 6.07 Å². The maximum Gasteiger partial charge on any atom is 0.234 e. The molecule has 4 heteroatoms. The molecule has 1 fully saturated rings. The molecule has 1 atom stereocenters. The largest absolute Gasteiger partial charge is 0.337 e. The first-order valence-electron chi connectivity index (χ1n) is 7.51. The molecule has 1 aromatic rings. The van der Waals surface area contributed by atoms with Gasteiger partial charge in [-0.25, -0.2) is 0 Å². The van der Waals surface area contributed by atoms with Crippen LogP contribution in [-0.2, 0) is 4.79 Å². The van der Waals surface area contributed by atoms with E-state index in [-0.39, 0.29) is 11.2 Å². The Morgan fingerprint density at radius 1 is 1.29 bits per heavy atom. The highest BCUT2D eigenvalue weighted by Gasteiger charge is 2.34. The number of nitriles is 1. The summed E-state index contributed by atoms with van der Waals surface area (Å²) in [6, 6.07) is 10.5. The summed E-state index contributed by atoms with van der Waals surface area (Å²) in [6.45, 7) is 3.94. The molecule has 1 N–H and O–H groups in total. The lowest BCUT2D eigenvalue weighted by Crippen LogP contribution is -2.50. The van der Waals surface area contributed by atoms with Gasteiger partial charge in [0.15, 0.2) is 0 Å². The summed E-state index contributed by atoms with van der Waals surface area (Å²) in [7, 11) is 0. The van der Waals surface area contributed by atoms with Gasteiger partial charge in [-0.3, -0.25) is 4.79 Å². The summed E-state index contributed by atoms with van der Waals surface area (Å²) >= 11 is 1.54. The third-order valence-corrected chi connectivity index (χ3v) is 5.10. The van der Waals surface area contributed by atoms with Gasteiger partial charge in [0.25, 0.3) is 0 Å². The Hall–Kier alpha value is -1.47. The fraction of sp³-hybridized carbons (Fsp3) is 0.529. The van der Waals surface area contributed by atoms with Crippen LogP contribution in [0.25, 0.3) is 0 Å². The summed E-state index contributed by atoms with van der Waals surface area (Å²) in [6.07, 6.45) is 4.75. The number of rotatable bonds is 4. The quantitative estimate of drug-likeness (QED) is 0.860. The van der Waals surface area contributed by atoms with Crippen molar-refractivity contribution in [2.24, 2.45) is 0 Å². The van der Waals surface area contributed by atoms with Gasteiger partial charge in [-0.05, 0) is 38.8 Å². The number of hydrogen-bond donors (Lipinski definition) is 1. The zero-order valence-corrected chi connectivity index (χ0v) is 13.5. The summed E-state index contributed by atoms with van der Waals surface area (Å²) in [4.78, 5) is 13.4. The molecule has 3 nitrogen and oxygen atoms in total. The second kappa shape index (κ2) is 7.00. The van der Waals surface area contributed by atoms with Gasteiger partial charge in [0.05, 0.1) is 11.3 Å². The highest BCUT2D eigenvalue weighted by Crippen LogP contribution is 2.29. The molecule has 0 spiro atoms. The van der Waals surface area contributed by atoms with Crippen LogP contribution in [0.5, 0.6) is 0 Å². The van der Waals surface area contributed by atoms with Crippen molar-refractivity contribution in [2.75, 3.05) is 0 Å². The van der Waals surface area contributed by atoms with Crippen LogP contribution in [-0.4, -0.2) is 16.7 Å². The maximum atomic E-state index is 12.4. The number of aryl methyl sites for hydroxylation is 1. The second-order valence-corrected chi connectivity index (χ2v) is 7.23. The average molecular weight is 302 g/mol. The first kappa shape index (κ1) is 15.9. The van der Waals surface area contributed by atoms with E-state index in [2.05, 4.69) is 11.4 Å². The van der Waals surface area contributed by atoms with E-state index in [9.17, 15) is 10.1 Å². The molecule has 0 radical (unpaired) electrons. The van der Waals surface area contributed by atoms with Crippen molar-refractivity contribution in [3.63, 3.8) is 0 Å². The number of amides is 1. The van der Waals surface area contributed by atoms with Gasteiger partial charge >= 0.3 is 0 Å². The molecule has 112 valence electrons. The molecular weight excluding hydrogens is 280 g/mol. The van der Waals surface area contributed by atoms with Gasteiger partial charge in [-0.15, -0.1) is 11.8 Å². The van der Waals surface area contributed by atoms with E-state index in [1.807, 2.05) is 38.1 Å². The predicted octanol–water partition coefficient (Wildman–Crippen LogP) is 3.82. The fourth-order valence-electron chi connectivity index (χ4n) is 2.63. The Morgan fingerprint density at radius 2 is 1.90 bits per heavy atom. The van der Waals surface area contributed by atoms with Crippen LogP contribution in [0.2, 0.25) is 0 Å². The molecule has 2 rings (SSSR count). The first-order chi connectivity index (χ1) is 10.0. The van der Waals surface area contributed by atoms with E-state index < -0.39 is 5.54 Å². The van der Waals surface area contributed by atoms with Gasteiger partial charge in [0.2, 0.25) is 5.91 Å². The lowest BCUT2D eigenvalue weighted by atomic mass is 9.83. The zero-order valence-electron chi connectivity index (χ0n) is 12.7. The van der Waals surface area contributed by atoms with Crippen LogP contribution in [0.1, 0.15) is 44.6 Å². The van der Waals surface area contributed by atoms with Crippen LogP contribution >= 0.6 is 11.8 Å².